The fourth-order valence-electron chi connectivity index (χ4n) is 3.20. The molecule has 4 rings (SSSR count). The van der Waals surface area contributed by atoms with E-state index in [1.807, 2.05) is 35.2 Å². The van der Waals surface area contributed by atoms with Crippen molar-refractivity contribution in [3.8, 4) is 0 Å². The molecule has 2 aliphatic rings. The monoisotopic (exact) mass is 338 g/mol. The van der Waals surface area contributed by atoms with Gasteiger partial charge in [-0.2, -0.15) is 0 Å². The van der Waals surface area contributed by atoms with Crippen LogP contribution in [0.3, 0.4) is 0 Å². The third-order valence-electron chi connectivity index (χ3n) is 4.94. The van der Waals surface area contributed by atoms with Crippen LogP contribution in [0.5, 0.6) is 0 Å². The van der Waals surface area contributed by atoms with Crippen LogP contribution >= 0.6 is 0 Å². The van der Waals surface area contributed by atoms with Gasteiger partial charge in [-0.05, 0) is 37.1 Å². The van der Waals surface area contributed by atoms with Gasteiger partial charge in [-0.1, -0.05) is 12.5 Å². The Bertz CT molecular complexity index is 708. The maximum Gasteiger partial charge on any atom is 0.225 e. The summed E-state index contributed by atoms with van der Waals surface area (Å²) >= 11 is 0. The molecule has 0 bridgehead atoms. The van der Waals surface area contributed by atoms with E-state index in [2.05, 4.69) is 25.4 Å². The standard InChI is InChI=1S/C18H22N6O/c25-18(14-4-3-5-14)24-12-10-23(11-13-24)17-8-7-16(21-22-17)20-15-6-1-2-9-19-15/h1-2,6-9,14H,3-5,10-13H2,(H,19,20,21). The predicted octanol–water partition coefficient (Wildman–Crippen LogP) is 2.06. The average molecular weight is 338 g/mol. The first kappa shape index (κ1) is 15.8. The van der Waals surface area contributed by atoms with Crippen LogP contribution in [-0.4, -0.2) is 52.2 Å². The highest BCUT2D eigenvalue weighted by Gasteiger charge is 2.31. The van der Waals surface area contributed by atoms with Crippen LogP contribution in [0.25, 0.3) is 0 Å². The van der Waals surface area contributed by atoms with Gasteiger partial charge in [-0.25, -0.2) is 4.98 Å². The molecule has 2 fully saturated rings. The van der Waals surface area contributed by atoms with E-state index >= 15 is 0 Å². The van der Waals surface area contributed by atoms with Crippen LogP contribution in [0.1, 0.15) is 19.3 Å². The van der Waals surface area contributed by atoms with Crippen molar-refractivity contribution in [3.05, 3.63) is 36.5 Å². The van der Waals surface area contributed by atoms with Gasteiger partial charge in [0.05, 0.1) is 0 Å². The Morgan fingerprint density at radius 3 is 2.44 bits per heavy atom. The van der Waals surface area contributed by atoms with Crippen molar-refractivity contribution in [1.82, 2.24) is 20.1 Å². The molecule has 7 heteroatoms. The molecular weight excluding hydrogens is 316 g/mol. The van der Waals surface area contributed by atoms with Crippen molar-refractivity contribution in [1.29, 1.82) is 0 Å². The minimum Gasteiger partial charge on any atom is -0.352 e. The quantitative estimate of drug-likeness (QED) is 0.920. The summed E-state index contributed by atoms with van der Waals surface area (Å²) in [4.78, 5) is 20.7. The second-order valence-corrected chi connectivity index (χ2v) is 6.56. The lowest BCUT2D eigenvalue weighted by Crippen LogP contribution is -2.51. The Labute approximate surface area is 147 Å². The van der Waals surface area contributed by atoms with E-state index in [0.29, 0.717) is 11.7 Å². The number of piperazine rings is 1. The Morgan fingerprint density at radius 1 is 1.00 bits per heavy atom. The summed E-state index contributed by atoms with van der Waals surface area (Å²) in [6.07, 6.45) is 5.06. The summed E-state index contributed by atoms with van der Waals surface area (Å²) in [5.41, 5.74) is 0. The van der Waals surface area contributed by atoms with Gasteiger partial charge in [0.1, 0.15) is 5.82 Å². The highest BCUT2D eigenvalue weighted by Crippen LogP contribution is 2.28. The number of anilines is 3. The van der Waals surface area contributed by atoms with E-state index in [1.165, 1.54) is 6.42 Å². The highest BCUT2D eigenvalue weighted by atomic mass is 16.2. The lowest BCUT2D eigenvalue weighted by molar-refractivity contribution is -0.138. The molecule has 0 atom stereocenters. The lowest BCUT2D eigenvalue weighted by Gasteiger charge is -2.38. The Hall–Kier alpha value is -2.70. The largest absolute Gasteiger partial charge is 0.352 e. The van der Waals surface area contributed by atoms with Crippen LogP contribution in [0.4, 0.5) is 17.5 Å². The molecule has 1 amide bonds. The van der Waals surface area contributed by atoms with Gasteiger partial charge >= 0.3 is 0 Å². The minimum absolute atomic E-state index is 0.281. The van der Waals surface area contributed by atoms with Gasteiger partial charge in [0, 0.05) is 38.3 Å². The zero-order valence-corrected chi connectivity index (χ0v) is 14.1. The number of nitrogens with zero attached hydrogens (tertiary/aromatic N) is 5. The molecular formula is C18H22N6O. The molecule has 1 aliphatic heterocycles. The normalized spacial score (nSPS) is 17.9. The van der Waals surface area contributed by atoms with Gasteiger partial charge in [-0.3, -0.25) is 4.79 Å². The number of aromatic nitrogens is 3. The molecule has 0 aromatic carbocycles. The van der Waals surface area contributed by atoms with Gasteiger partial charge < -0.3 is 15.1 Å². The van der Waals surface area contributed by atoms with E-state index in [4.69, 9.17) is 0 Å². The number of hydrogen-bond acceptors (Lipinski definition) is 6. The van der Waals surface area contributed by atoms with Crippen molar-refractivity contribution in [2.45, 2.75) is 19.3 Å². The second-order valence-electron chi connectivity index (χ2n) is 6.56. The van der Waals surface area contributed by atoms with Crippen LogP contribution in [0, 0.1) is 5.92 Å². The lowest BCUT2D eigenvalue weighted by atomic mass is 9.84. The molecule has 1 saturated carbocycles. The summed E-state index contributed by atoms with van der Waals surface area (Å²) in [5.74, 6) is 2.88. The van der Waals surface area contributed by atoms with Crippen LogP contribution < -0.4 is 10.2 Å². The molecule has 0 spiro atoms. The smallest absolute Gasteiger partial charge is 0.225 e. The molecule has 2 aromatic heterocycles. The Kier molecular flexibility index (Phi) is 4.45. The fourth-order valence-corrected chi connectivity index (χ4v) is 3.20. The molecule has 0 unspecified atom stereocenters. The molecule has 3 heterocycles. The summed E-state index contributed by atoms with van der Waals surface area (Å²) in [7, 11) is 0. The van der Waals surface area contributed by atoms with E-state index in [1.54, 1.807) is 6.20 Å². The number of rotatable bonds is 4. The molecule has 0 radical (unpaired) electrons. The number of amides is 1. The third kappa shape index (κ3) is 3.55. The summed E-state index contributed by atoms with van der Waals surface area (Å²) < 4.78 is 0. The van der Waals surface area contributed by atoms with E-state index in [0.717, 1.165) is 50.7 Å². The zero-order valence-electron chi connectivity index (χ0n) is 14.1. The third-order valence-corrected chi connectivity index (χ3v) is 4.94. The maximum atomic E-state index is 12.3. The fraction of sp³-hybridized carbons (Fsp3) is 0.444. The number of carbonyl (C=O) groups is 1. The van der Waals surface area contributed by atoms with Crippen molar-refractivity contribution in [2.24, 2.45) is 5.92 Å². The van der Waals surface area contributed by atoms with Crippen LogP contribution in [0.2, 0.25) is 0 Å². The first-order valence-electron chi connectivity index (χ1n) is 8.85. The SMILES string of the molecule is O=C(C1CCC1)N1CCN(c2ccc(Nc3ccccn3)nn2)CC1. The molecule has 1 aliphatic carbocycles. The molecule has 130 valence electrons. The van der Waals surface area contributed by atoms with Gasteiger partial charge in [0.15, 0.2) is 11.6 Å². The predicted molar refractivity (Wildman–Crippen MR) is 95.7 cm³/mol. The topological polar surface area (TPSA) is 74.2 Å². The first-order chi connectivity index (χ1) is 12.3. The Balaban J connectivity index is 1.33. The number of hydrogen-bond donors (Lipinski definition) is 1. The zero-order chi connectivity index (χ0) is 17.1. The molecule has 2 aromatic rings. The number of carbonyl (C=O) groups excluding carboxylic acids is 1. The van der Waals surface area contributed by atoms with Crippen molar-refractivity contribution in [2.75, 3.05) is 36.4 Å². The summed E-state index contributed by atoms with van der Waals surface area (Å²) in [6, 6.07) is 9.54. The summed E-state index contributed by atoms with van der Waals surface area (Å²) in [5, 5.41) is 11.7. The van der Waals surface area contributed by atoms with E-state index < -0.39 is 0 Å². The molecule has 7 nitrogen and oxygen atoms in total. The highest BCUT2D eigenvalue weighted by molar-refractivity contribution is 5.79. The first-order valence-corrected chi connectivity index (χ1v) is 8.85. The van der Waals surface area contributed by atoms with E-state index in [9.17, 15) is 4.79 Å². The minimum atomic E-state index is 0.281. The summed E-state index contributed by atoms with van der Waals surface area (Å²) in [6.45, 7) is 3.15. The Morgan fingerprint density at radius 2 is 1.84 bits per heavy atom. The molecule has 1 N–H and O–H groups in total. The number of nitrogens with one attached hydrogen (secondary N) is 1. The van der Waals surface area contributed by atoms with Crippen molar-refractivity contribution >= 4 is 23.4 Å². The van der Waals surface area contributed by atoms with Crippen molar-refractivity contribution < 1.29 is 4.79 Å². The van der Waals surface area contributed by atoms with Crippen molar-refractivity contribution in [3.63, 3.8) is 0 Å². The molecule has 25 heavy (non-hydrogen) atoms. The van der Waals surface area contributed by atoms with Gasteiger partial charge in [0.25, 0.3) is 0 Å². The van der Waals surface area contributed by atoms with Gasteiger partial charge in [-0.15, -0.1) is 10.2 Å². The van der Waals surface area contributed by atoms with Crippen LogP contribution in [0.15, 0.2) is 36.5 Å². The maximum absolute atomic E-state index is 12.3. The van der Waals surface area contributed by atoms with Crippen LogP contribution in [-0.2, 0) is 4.79 Å². The average Bonchev–Trinajstić information content (AvgIpc) is 2.62. The number of pyridine rings is 1. The van der Waals surface area contributed by atoms with Gasteiger partial charge in [0.2, 0.25) is 5.91 Å². The molecule has 1 saturated heterocycles. The van der Waals surface area contributed by atoms with E-state index in [-0.39, 0.29) is 5.92 Å². The second kappa shape index (κ2) is 7.04.